The van der Waals surface area contributed by atoms with Gasteiger partial charge in [0.15, 0.2) is 9.84 Å². The van der Waals surface area contributed by atoms with Crippen molar-refractivity contribution in [2.75, 3.05) is 5.32 Å². The highest BCUT2D eigenvalue weighted by atomic mass is 32.2. The summed E-state index contributed by atoms with van der Waals surface area (Å²) in [6.07, 6.45) is 10.0. The van der Waals surface area contributed by atoms with E-state index in [1.807, 2.05) is 0 Å². The van der Waals surface area contributed by atoms with Crippen molar-refractivity contribution in [3.63, 3.8) is 0 Å². The standard InChI is InChI=1S/C20H25NO3S/c22-20(13-19(14-8-9-14)15-10-11-15)21-16-4-3-7-18(12-16)25(23,24)17-5-1-2-6-17/h3-4,7,12-15,17H,1-2,5-6,8-11H2,(H,21,22). The maximum Gasteiger partial charge on any atom is 0.248 e. The van der Waals surface area contributed by atoms with Crippen molar-refractivity contribution in [3.8, 4) is 0 Å². The molecular formula is C20H25NO3S. The highest BCUT2D eigenvalue weighted by Gasteiger charge is 2.36. The summed E-state index contributed by atoms with van der Waals surface area (Å²) >= 11 is 0. The largest absolute Gasteiger partial charge is 0.322 e. The maximum atomic E-state index is 12.7. The van der Waals surface area contributed by atoms with Crippen LogP contribution in [0.15, 0.2) is 40.8 Å². The third-order valence-corrected chi connectivity index (χ3v) is 7.83. The Bertz CT molecular complexity index is 784. The molecule has 0 unspecified atom stereocenters. The minimum Gasteiger partial charge on any atom is -0.322 e. The summed E-state index contributed by atoms with van der Waals surface area (Å²) in [5, 5.41) is 2.59. The third kappa shape index (κ3) is 3.81. The molecule has 0 spiro atoms. The van der Waals surface area contributed by atoms with Crippen molar-refractivity contribution in [1.82, 2.24) is 0 Å². The van der Waals surface area contributed by atoms with Crippen LogP contribution in [-0.4, -0.2) is 19.6 Å². The van der Waals surface area contributed by atoms with Crippen LogP contribution in [0.4, 0.5) is 5.69 Å². The molecule has 4 nitrogen and oxygen atoms in total. The van der Waals surface area contributed by atoms with Crippen LogP contribution in [0.2, 0.25) is 0 Å². The van der Waals surface area contributed by atoms with E-state index in [0.717, 1.165) is 25.7 Å². The summed E-state index contributed by atoms with van der Waals surface area (Å²) in [5.74, 6) is 1.07. The van der Waals surface area contributed by atoms with Crippen molar-refractivity contribution in [2.24, 2.45) is 11.8 Å². The SMILES string of the molecule is O=C(C=C(C1CC1)C1CC1)Nc1cccc(S(=O)(=O)C2CCCC2)c1. The molecule has 25 heavy (non-hydrogen) atoms. The number of amides is 1. The van der Waals surface area contributed by atoms with Gasteiger partial charge in [0.05, 0.1) is 10.1 Å². The lowest BCUT2D eigenvalue weighted by Gasteiger charge is -2.12. The Morgan fingerprint density at radius 3 is 2.24 bits per heavy atom. The predicted octanol–water partition coefficient (Wildman–Crippen LogP) is 4.09. The van der Waals surface area contributed by atoms with Crippen LogP contribution in [-0.2, 0) is 14.6 Å². The van der Waals surface area contributed by atoms with Gasteiger partial charge in [0.2, 0.25) is 5.91 Å². The van der Waals surface area contributed by atoms with Gasteiger partial charge in [-0.2, -0.15) is 0 Å². The average molecular weight is 359 g/mol. The molecule has 3 aliphatic rings. The van der Waals surface area contributed by atoms with Gasteiger partial charge in [-0.25, -0.2) is 8.42 Å². The average Bonchev–Trinajstić information content (AvgIpc) is 3.52. The minimum absolute atomic E-state index is 0.135. The number of benzene rings is 1. The van der Waals surface area contributed by atoms with Gasteiger partial charge in [-0.3, -0.25) is 4.79 Å². The second-order valence-corrected chi connectivity index (χ2v) is 9.89. The van der Waals surface area contributed by atoms with Crippen LogP contribution in [0.3, 0.4) is 0 Å². The van der Waals surface area contributed by atoms with Gasteiger partial charge < -0.3 is 5.32 Å². The number of allylic oxidation sites excluding steroid dienone is 1. The summed E-state index contributed by atoms with van der Waals surface area (Å²) in [6.45, 7) is 0. The predicted molar refractivity (Wildman–Crippen MR) is 98.0 cm³/mol. The van der Waals surface area contributed by atoms with Gasteiger partial charge in [0.25, 0.3) is 0 Å². The van der Waals surface area contributed by atoms with Crippen LogP contribution >= 0.6 is 0 Å². The van der Waals surface area contributed by atoms with Gasteiger partial charge in [0.1, 0.15) is 0 Å². The molecule has 4 rings (SSSR count). The molecule has 3 aliphatic carbocycles. The van der Waals surface area contributed by atoms with Crippen LogP contribution in [0.5, 0.6) is 0 Å². The maximum absolute atomic E-state index is 12.7. The zero-order valence-electron chi connectivity index (χ0n) is 14.4. The molecule has 3 saturated carbocycles. The van der Waals surface area contributed by atoms with E-state index >= 15 is 0 Å². The Kier molecular flexibility index (Phi) is 4.44. The smallest absolute Gasteiger partial charge is 0.248 e. The van der Waals surface area contributed by atoms with Crippen molar-refractivity contribution in [1.29, 1.82) is 0 Å². The quantitative estimate of drug-likeness (QED) is 0.778. The van der Waals surface area contributed by atoms with E-state index in [1.54, 1.807) is 30.3 Å². The fourth-order valence-corrected chi connectivity index (χ4v) is 5.77. The van der Waals surface area contributed by atoms with E-state index < -0.39 is 9.84 Å². The Hall–Kier alpha value is -1.62. The topological polar surface area (TPSA) is 63.2 Å². The first-order valence-electron chi connectivity index (χ1n) is 9.40. The summed E-state index contributed by atoms with van der Waals surface area (Å²) in [7, 11) is -3.29. The monoisotopic (exact) mass is 359 g/mol. The Morgan fingerprint density at radius 1 is 1.00 bits per heavy atom. The number of hydrogen-bond acceptors (Lipinski definition) is 3. The van der Waals surface area contributed by atoms with E-state index in [9.17, 15) is 13.2 Å². The zero-order chi connectivity index (χ0) is 17.4. The molecule has 0 aliphatic heterocycles. The lowest BCUT2D eigenvalue weighted by Crippen LogP contribution is -2.18. The first kappa shape index (κ1) is 16.8. The molecule has 1 amide bonds. The van der Waals surface area contributed by atoms with Gasteiger partial charge in [-0.05, 0) is 68.6 Å². The van der Waals surface area contributed by atoms with Gasteiger partial charge in [0, 0.05) is 11.8 Å². The Morgan fingerprint density at radius 2 is 1.64 bits per heavy atom. The molecule has 1 aromatic rings. The number of sulfone groups is 1. The molecule has 0 radical (unpaired) electrons. The van der Waals surface area contributed by atoms with Gasteiger partial charge >= 0.3 is 0 Å². The first-order chi connectivity index (χ1) is 12.0. The lowest BCUT2D eigenvalue weighted by molar-refractivity contribution is -0.112. The third-order valence-electron chi connectivity index (χ3n) is 5.57. The second-order valence-electron chi connectivity index (χ2n) is 7.66. The molecule has 0 bridgehead atoms. The summed E-state index contributed by atoms with van der Waals surface area (Å²) in [6, 6.07) is 6.71. The van der Waals surface area contributed by atoms with Crippen LogP contribution in [0, 0.1) is 11.8 Å². The van der Waals surface area contributed by atoms with Crippen LogP contribution in [0.1, 0.15) is 51.4 Å². The number of nitrogens with one attached hydrogen (secondary N) is 1. The van der Waals surface area contributed by atoms with E-state index in [-0.39, 0.29) is 11.2 Å². The number of rotatable bonds is 6. The van der Waals surface area contributed by atoms with E-state index in [0.29, 0.717) is 22.4 Å². The number of anilines is 1. The van der Waals surface area contributed by atoms with Crippen molar-refractivity contribution in [3.05, 3.63) is 35.9 Å². The molecule has 1 aromatic carbocycles. The molecular weight excluding hydrogens is 334 g/mol. The summed E-state index contributed by atoms with van der Waals surface area (Å²) in [5.41, 5.74) is 1.86. The highest BCUT2D eigenvalue weighted by Crippen LogP contribution is 2.48. The van der Waals surface area contributed by atoms with Crippen LogP contribution in [0.25, 0.3) is 0 Å². The minimum atomic E-state index is -3.29. The Balaban J connectivity index is 1.49. The van der Waals surface area contributed by atoms with E-state index in [1.165, 1.54) is 31.3 Å². The van der Waals surface area contributed by atoms with Gasteiger partial charge in [-0.15, -0.1) is 0 Å². The first-order valence-corrected chi connectivity index (χ1v) is 10.9. The zero-order valence-corrected chi connectivity index (χ0v) is 15.2. The molecule has 134 valence electrons. The highest BCUT2D eigenvalue weighted by molar-refractivity contribution is 7.92. The lowest BCUT2D eigenvalue weighted by atomic mass is 10.1. The van der Waals surface area contributed by atoms with Crippen molar-refractivity contribution < 1.29 is 13.2 Å². The number of carbonyl (C=O) groups excluding carboxylic acids is 1. The Labute approximate surface area is 149 Å². The van der Waals surface area contributed by atoms with Gasteiger partial charge in [-0.1, -0.05) is 24.5 Å². The fourth-order valence-electron chi connectivity index (χ4n) is 3.87. The molecule has 0 atom stereocenters. The van der Waals surface area contributed by atoms with Crippen molar-refractivity contribution in [2.45, 2.75) is 61.5 Å². The van der Waals surface area contributed by atoms with Crippen molar-refractivity contribution >= 4 is 21.4 Å². The normalized spacial score (nSPS) is 21.1. The molecule has 0 aromatic heterocycles. The molecule has 3 fully saturated rings. The molecule has 0 saturated heterocycles. The summed E-state index contributed by atoms with van der Waals surface area (Å²) < 4.78 is 25.4. The number of hydrogen-bond donors (Lipinski definition) is 1. The molecule has 5 heteroatoms. The fraction of sp³-hybridized carbons (Fsp3) is 0.550. The summed E-state index contributed by atoms with van der Waals surface area (Å²) in [4.78, 5) is 12.7. The molecule has 1 N–H and O–H groups in total. The number of carbonyl (C=O) groups is 1. The molecule has 0 heterocycles. The second kappa shape index (κ2) is 6.60. The van der Waals surface area contributed by atoms with Crippen LogP contribution < -0.4 is 5.32 Å². The van der Waals surface area contributed by atoms with E-state index in [4.69, 9.17) is 0 Å². The van der Waals surface area contributed by atoms with E-state index in [2.05, 4.69) is 5.32 Å².